The lowest BCUT2D eigenvalue weighted by Gasteiger charge is -2.34. The summed E-state index contributed by atoms with van der Waals surface area (Å²) < 4.78 is 9.29. The molecule has 0 radical (unpaired) electrons. The molecular formula is C94H56N6. The third-order valence-corrected chi connectivity index (χ3v) is 22.2. The molecule has 6 heteroatoms. The van der Waals surface area contributed by atoms with Crippen LogP contribution in [0, 0.1) is 22.7 Å². The number of aromatic nitrogens is 4. The molecule has 0 saturated heterocycles. The van der Waals surface area contributed by atoms with Crippen LogP contribution in [0.15, 0.2) is 340 Å². The summed E-state index contributed by atoms with van der Waals surface area (Å²) in [6.07, 6.45) is 0. The van der Waals surface area contributed by atoms with Gasteiger partial charge in [0.15, 0.2) is 0 Å². The van der Waals surface area contributed by atoms with Gasteiger partial charge >= 0.3 is 0 Å². The summed E-state index contributed by atoms with van der Waals surface area (Å²) in [6.45, 7) is 0. The highest BCUT2D eigenvalue weighted by Crippen LogP contribution is 2.61. The number of benzene rings is 15. The van der Waals surface area contributed by atoms with Crippen molar-refractivity contribution in [1.82, 2.24) is 18.3 Å². The van der Waals surface area contributed by atoms with Crippen LogP contribution in [-0.2, 0) is 10.8 Å². The zero-order valence-corrected chi connectivity index (χ0v) is 54.0. The maximum Gasteiger partial charge on any atom is 0.104 e. The van der Waals surface area contributed by atoms with Crippen molar-refractivity contribution < 1.29 is 0 Å². The van der Waals surface area contributed by atoms with Gasteiger partial charge in [-0.05, 0) is 127 Å². The van der Waals surface area contributed by atoms with Crippen LogP contribution in [-0.4, -0.2) is 18.3 Å². The van der Waals surface area contributed by atoms with Gasteiger partial charge in [0.05, 0.1) is 77.7 Å². The van der Waals surface area contributed by atoms with Crippen molar-refractivity contribution >= 4 is 87.2 Å². The van der Waals surface area contributed by atoms with E-state index in [4.69, 9.17) is 0 Å². The number of nitriles is 2. The number of fused-ring (bicyclic) bond motifs is 18. The molecule has 0 saturated carbocycles. The second kappa shape index (κ2) is 21.0. The Balaban J connectivity index is 0.988. The zero-order chi connectivity index (χ0) is 66.0. The molecule has 0 unspecified atom stereocenters. The molecule has 2 aliphatic rings. The van der Waals surface area contributed by atoms with Gasteiger partial charge in [-0.15, -0.1) is 0 Å². The van der Waals surface area contributed by atoms with Crippen LogP contribution in [0.4, 0.5) is 0 Å². The first-order chi connectivity index (χ1) is 49.6. The quantitative estimate of drug-likeness (QED) is 0.152. The van der Waals surface area contributed by atoms with E-state index in [1.165, 1.54) is 44.5 Å². The second-order valence-corrected chi connectivity index (χ2v) is 26.7. The monoisotopic (exact) mass is 1270 g/mol. The summed E-state index contributed by atoms with van der Waals surface area (Å²) >= 11 is 0. The minimum absolute atomic E-state index is 0.397. The van der Waals surface area contributed by atoms with Crippen molar-refractivity contribution in [3.05, 3.63) is 395 Å². The molecule has 0 aliphatic heterocycles. The molecule has 15 aromatic carbocycles. The Kier molecular flexibility index (Phi) is 11.7. The van der Waals surface area contributed by atoms with Crippen LogP contribution < -0.4 is 0 Å². The molecule has 2 aliphatic carbocycles. The predicted octanol–water partition coefficient (Wildman–Crippen LogP) is 22.5. The van der Waals surface area contributed by atoms with Crippen LogP contribution in [0.5, 0.6) is 0 Å². The molecule has 4 aromatic heterocycles. The molecule has 0 spiro atoms. The lowest BCUT2D eigenvalue weighted by Crippen LogP contribution is -2.28. The smallest absolute Gasteiger partial charge is 0.104 e. The van der Waals surface area contributed by atoms with Gasteiger partial charge in [0.1, 0.15) is 23.3 Å². The fourth-order valence-corrected chi connectivity index (χ4v) is 18.4. The third kappa shape index (κ3) is 7.17. The fourth-order valence-electron chi connectivity index (χ4n) is 18.4. The van der Waals surface area contributed by atoms with Crippen LogP contribution in [0.2, 0.25) is 0 Å². The van der Waals surface area contributed by atoms with E-state index in [2.05, 4.69) is 370 Å². The first-order valence-corrected chi connectivity index (χ1v) is 34.2. The summed E-state index contributed by atoms with van der Waals surface area (Å²) in [5.41, 5.74) is 22.9. The number of rotatable bonds is 8. The zero-order valence-electron chi connectivity index (χ0n) is 54.0. The molecule has 0 N–H and O–H groups in total. The summed E-state index contributed by atoms with van der Waals surface area (Å²) in [5.74, 6) is 0. The van der Waals surface area contributed by atoms with Gasteiger partial charge < -0.3 is 18.3 Å². The van der Waals surface area contributed by atoms with E-state index in [1.54, 1.807) is 0 Å². The minimum Gasteiger partial charge on any atom is -0.306 e. The molecule has 0 bridgehead atoms. The van der Waals surface area contributed by atoms with Gasteiger partial charge in [-0.25, -0.2) is 0 Å². The lowest BCUT2D eigenvalue weighted by molar-refractivity contribution is 0.769. The first-order valence-electron chi connectivity index (χ1n) is 34.2. The highest BCUT2D eigenvalue weighted by Gasteiger charge is 2.49. The second-order valence-electron chi connectivity index (χ2n) is 26.7. The standard InChI is InChI=1S/C94H56N6/c95-57-75-90(98-83-49-25-17-41-67(83)68-42-18-26-50-84(68)98)92(100-86-52-28-20-44-70(86)74-54-80-72(56-88(74)100)64-38-14-22-46-78(64)94(80,61-33-9-3-10-34-61)62-35-11-4-12-36-62)76(58-96)89(97-81-47-23-15-39-65(81)66-40-16-24-48-82(66)97)91(75)99-85-51-27-19-43-69(85)73-53-79-71(55-87(73)99)63-37-13-21-45-77(63)93(79,59-29-5-1-6-30-59)60-31-7-2-8-32-60/h1-56H. The number of nitrogens with zero attached hydrogens (tertiary/aromatic N) is 6. The molecule has 462 valence electrons. The van der Waals surface area contributed by atoms with Crippen molar-refractivity contribution in [1.29, 1.82) is 10.5 Å². The molecule has 0 atom stereocenters. The number of hydrogen-bond acceptors (Lipinski definition) is 2. The summed E-state index contributed by atoms with van der Waals surface area (Å²) in [4.78, 5) is 0. The summed E-state index contributed by atoms with van der Waals surface area (Å²) in [5, 5.41) is 35.0. The normalized spacial score (nSPS) is 13.3. The topological polar surface area (TPSA) is 67.3 Å². The average Bonchev–Trinajstić information content (AvgIpc) is 1.50. The summed E-state index contributed by atoms with van der Waals surface area (Å²) in [6, 6.07) is 129. The van der Waals surface area contributed by atoms with Gasteiger partial charge in [-0.1, -0.05) is 279 Å². The Morgan fingerprint density at radius 1 is 0.200 bits per heavy atom. The van der Waals surface area contributed by atoms with E-state index in [-0.39, 0.29) is 0 Å². The van der Waals surface area contributed by atoms with Crippen LogP contribution in [0.25, 0.3) is 132 Å². The maximum atomic E-state index is 13.4. The van der Waals surface area contributed by atoms with E-state index < -0.39 is 10.8 Å². The largest absolute Gasteiger partial charge is 0.306 e. The van der Waals surface area contributed by atoms with Crippen molar-refractivity contribution in [3.63, 3.8) is 0 Å². The fraction of sp³-hybridized carbons (Fsp3) is 0.0213. The van der Waals surface area contributed by atoms with Crippen molar-refractivity contribution in [2.45, 2.75) is 10.8 Å². The van der Waals surface area contributed by atoms with Gasteiger partial charge in [0.25, 0.3) is 0 Å². The highest BCUT2D eigenvalue weighted by molar-refractivity contribution is 6.17. The number of hydrogen-bond donors (Lipinski definition) is 0. The SMILES string of the molecule is N#Cc1c(-n2c3ccccc3c3ccccc32)c(-n2c3ccccc3c3cc4c(cc32)-c2ccccc2C4(c2ccccc2)c2ccccc2)c(C#N)c(-n2c3ccccc3c3ccccc32)c1-n1c2ccccc2c2cc3c(cc21)-c1ccccc1C3(c1ccccc1)c1ccccc1. The Hall–Kier alpha value is -13.5. The van der Waals surface area contributed by atoms with Crippen LogP contribution in [0.3, 0.4) is 0 Å². The number of para-hydroxylation sites is 6. The van der Waals surface area contributed by atoms with Gasteiger partial charge in [0, 0.05) is 43.1 Å². The maximum absolute atomic E-state index is 13.4. The molecule has 0 fully saturated rings. The average molecular weight is 1270 g/mol. The molecular weight excluding hydrogens is 1210 g/mol. The Morgan fingerprint density at radius 3 is 0.710 bits per heavy atom. The lowest BCUT2D eigenvalue weighted by atomic mass is 9.67. The molecule has 6 nitrogen and oxygen atoms in total. The van der Waals surface area contributed by atoms with Gasteiger partial charge in [-0.2, -0.15) is 10.5 Å². The highest BCUT2D eigenvalue weighted by atomic mass is 15.1. The first kappa shape index (κ1) is 55.7. The van der Waals surface area contributed by atoms with E-state index in [0.717, 1.165) is 109 Å². The van der Waals surface area contributed by atoms with Crippen molar-refractivity contribution in [3.8, 4) is 57.1 Å². The van der Waals surface area contributed by atoms with Crippen molar-refractivity contribution in [2.24, 2.45) is 0 Å². The third-order valence-electron chi connectivity index (χ3n) is 22.2. The predicted molar refractivity (Wildman–Crippen MR) is 408 cm³/mol. The minimum atomic E-state index is -0.688. The van der Waals surface area contributed by atoms with Gasteiger partial charge in [-0.3, -0.25) is 0 Å². The van der Waals surface area contributed by atoms with Crippen LogP contribution >= 0.6 is 0 Å². The van der Waals surface area contributed by atoms with Gasteiger partial charge in [0.2, 0.25) is 0 Å². The molecule has 19 aromatic rings. The van der Waals surface area contributed by atoms with E-state index >= 15 is 0 Å². The summed E-state index contributed by atoms with van der Waals surface area (Å²) in [7, 11) is 0. The molecule has 4 heterocycles. The van der Waals surface area contributed by atoms with E-state index in [0.29, 0.717) is 33.9 Å². The Bertz CT molecular complexity index is 6190. The molecule has 0 amide bonds. The van der Waals surface area contributed by atoms with E-state index in [9.17, 15) is 10.5 Å². The van der Waals surface area contributed by atoms with E-state index in [1.807, 2.05) is 0 Å². The molecule has 21 rings (SSSR count). The Morgan fingerprint density at radius 2 is 0.430 bits per heavy atom. The Labute approximate surface area is 575 Å². The molecule has 100 heavy (non-hydrogen) atoms. The van der Waals surface area contributed by atoms with Crippen molar-refractivity contribution in [2.75, 3.05) is 0 Å². The van der Waals surface area contributed by atoms with Crippen LogP contribution in [0.1, 0.15) is 55.6 Å².